The summed E-state index contributed by atoms with van der Waals surface area (Å²) < 4.78 is 16.8. The predicted octanol–water partition coefficient (Wildman–Crippen LogP) is 3.02. The van der Waals surface area contributed by atoms with Gasteiger partial charge in [0.25, 0.3) is 5.56 Å². The van der Waals surface area contributed by atoms with Crippen LogP contribution in [-0.2, 0) is 0 Å². The van der Waals surface area contributed by atoms with Gasteiger partial charge in [0.2, 0.25) is 0 Å². The molecule has 2 aromatic heterocycles. The van der Waals surface area contributed by atoms with Crippen LogP contribution in [0.4, 0.5) is 4.39 Å². The lowest BCUT2D eigenvalue weighted by Gasteiger charge is -2.08. The summed E-state index contributed by atoms with van der Waals surface area (Å²) in [5, 5.41) is 9.17. The topological polar surface area (TPSA) is 52.7 Å². The van der Waals surface area contributed by atoms with Gasteiger partial charge >= 0.3 is 0 Å². The highest BCUT2D eigenvalue weighted by atomic mass is 19.1. The van der Waals surface area contributed by atoms with Crippen molar-refractivity contribution in [2.24, 2.45) is 0 Å². The van der Waals surface area contributed by atoms with Gasteiger partial charge < -0.3 is 0 Å². The number of aromatic nitrogens is 4. The average Bonchev–Trinajstić information content (AvgIpc) is 3.05. The van der Waals surface area contributed by atoms with E-state index >= 15 is 0 Å². The van der Waals surface area contributed by atoms with Crippen molar-refractivity contribution in [1.82, 2.24) is 19.6 Å². The van der Waals surface area contributed by atoms with E-state index in [9.17, 15) is 9.18 Å². The second-order valence-corrected chi connectivity index (χ2v) is 5.41. The molecule has 0 unspecified atom stereocenters. The summed E-state index contributed by atoms with van der Waals surface area (Å²) in [5.74, 6) is -0.442. The number of aryl methyl sites for hydroxylation is 1. The Morgan fingerprint density at radius 1 is 0.958 bits per heavy atom. The first-order valence-electron chi connectivity index (χ1n) is 7.45. The van der Waals surface area contributed by atoms with E-state index in [1.807, 2.05) is 18.2 Å². The molecule has 0 aliphatic rings. The Hall–Kier alpha value is -3.28. The van der Waals surface area contributed by atoms with Crippen LogP contribution in [0.2, 0.25) is 0 Å². The molecule has 0 amide bonds. The quantitative estimate of drug-likeness (QED) is 0.570. The monoisotopic (exact) mass is 320 g/mol. The molecule has 2 heterocycles. The van der Waals surface area contributed by atoms with Crippen LogP contribution in [0, 0.1) is 12.7 Å². The molecule has 4 rings (SSSR count). The van der Waals surface area contributed by atoms with E-state index in [-0.39, 0.29) is 11.2 Å². The molecule has 4 aromatic rings. The van der Waals surface area contributed by atoms with Crippen LogP contribution in [0.25, 0.3) is 22.3 Å². The van der Waals surface area contributed by atoms with Crippen LogP contribution in [0.5, 0.6) is 0 Å². The standard InChI is InChI=1S/C18H13FN4O/c1-12-14-11-20-23(16-10-6-5-9-15(16)19)17(14)18(24)22(21-12)13-7-3-2-4-8-13/h2-11H,1H3. The fraction of sp³-hybridized carbons (Fsp3) is 0.0556. The van der Waals surface area contributed by atoms with Gasteiger partial charge in [-0.3, -0.25) is 4.79 Å². The van der Waals surface area contributed by atoms with Gasteiger partial charge in [0.05, 0.1) is 17.6 Å². The van der Waals surface area contributed by atoms with Crippen LogP contribution in [0.3, 0.4) is 0 Å². The number of benzene rings is 2. The van der Waals surface area contributed by atoms with E-state index < -0.39 is 5.82 Å². The molecule has 0 aliphatic heterocycles. The van der Waals surface area contributed by atoms with Crippen molar-refractivity contribution in [2.75, 3.05) is 0 Å². The van der Waals surface area contributed by atoms with E-state index in [2.05, 4.69) is 10.2 Å². The highest BCUT2D eigenvalue weighted by Crippen LogP contribution is 2.19. The maximum absolute atomic E-state index is 14.2. The Balaban J connectivity index is 2.08. The fourth-order valence-electron chi connectivity index (χ4n) is 2.72. The molecule has 118 valence electrons. The molecule has 0 N–H and O–H groups in total. The molecular formula is C18H13FN4O. The highest BCUT2D eigenvalue weighted by molar-refractivity contribution is 5.81. The number of para-hydroxylation sites is 2. The van der Waals surface area contributed by atoms with Gasteiger partial charge in [0.1, 0.15) is 17.0 Å². The Morgan fingerprint density at radius 2 is 1.67 bits per heavy atom. The summed E-state index contributed by atoms with van der Waals surface area (Å²) in [6, 6.07) is 15.3. The third-order valence-electron chi connectivity index (χ3n) is 3.89. The average molecular weight is 320 g/mol. The maximum Gasteiger partial charge on any atom is 0.298 e. The van der Waals surface area contributed by atoms with Crippen molar-refractivity contribution in [1.29, 1.82) is 0 Å². The van der Waals surface area contributed by atoms with Crippen molar-refractivity contribution < 1.29 is 4.39 Å². The lowest BCUT2D eigenvalue weighted by atomic mass is 10.2. The molecule has 0 radical (unpaired) electrons. The molecule has 0 spiro atoms. The van der Waals surface area contributed by atoms with Gasteiger partial charge in [-0.05, 0) is 31.2 Å². The maximum atomic E-state index is 14.2. The van der Waals surface area contributed by atoms with Crippen molar-refractivity contribution in [3.63, 3.8) is 0 Å². The minimum atomic E-state index is -0.442. The van der Waals surface area contributed by atoms with Gasteiger partial charge in [0.15, 0.2) is 0 Å². The molecule has 0 bridgehead atoms. The number of fused-ring (bicyclic) bond motifs is 1. The van der Waals surface area contributed by atoms with E-state index in [0.717, 1.165) is 0 Å². The minimum absolute atomic E-state index is 0.231. The molecule has 0 atom stereocenters. The summed E-state index contributed by atoms with van der Waals surface area (Å²) >= 11 is 0. The molecular weight excluding hydrogens is 307 g/mol. The minimum Gasteiger partial charge on any atom is -0.265 e. The molecule has 0 fully saturated rings. The SMILES string of the molecule is Cc1nn(-c2ccccc2)c(=O)c2c1cnn2-c1ccccc1F. The fourth-order valence-corrected chi connectivity index (χ4v) is 2.72. The van der Waals surface area contributed by atoms with Gasteiger partial charge in [-0.15, -0.1) is 0 Å². The number of nitrogens with zero attached hydrogens (tertiary/aromatic N) is 4. The molecule has 0 saturated carbocycles. The van der Waals surface area contributed by atoms with Gasteiger partial charge in [-0.25, -0.2) is 9.07 Å². The van der Waals surface area contributed by atoms with Crippen LogP contribution >= 0.6 is 0 Å². The zero-order valence-corrected chi connectivity index (χ0v) is 12.8. The molecule has 0 saturated heterocycles. The first-order chi connectivity index (χ1) is 11.7. The molecule has 0 aliphatic carbocycles. The van der Waals surface area contributed by atoms with Gasteiger partial charge in [-0.1, -0.05) is 30.3 Å². The van der Waals surface area contributed by atoms with Crippen molar-refractivity contribution in [2.45, 2.75) is 6.92 Å². The Labute approximate surface area is 136 Å². The Morgan fingerprint density at radius 3 is 2.42 bits per heavy atom. The number of rotatable bonds is 2. The molecule has 6 heteroatoms. The van der Waals surface area contributed by atoms with Crippen molar-refractivity contribution >= 4 is 10.9 Å². The van der Waals surface area contributed by atoms with E-state index in [4.69, 9.17) is 0 Å². The smallest absolute Gasteiger partial charge is 0.265 e. The van der Waals surface area contributed by atoms with Crippen LogP contribution < -0.4 is 5.56 Å². The van der Waals surface area contributed by atoms with E-state index in [1.54, 1.807) is 43.5 Å². The van der Waals surface area contributed by atoms with Crippen LogP contribution in [0.15, 0.2) is 65.6 Å². The summed E-state index contributed by atoms with van der Waals surface area (Å²) in [5.41, 5.74) is 1.48. The van der Waals surface area contributed by atoms with Crippen LogP contribution in [0.1, 0.15) is 5.69 Å². The second kappa shape index (κ2) is 5.42. The number of hydrogen-bond donors (Lipinski definition) is 0. The third kappa shape index (κ3) is 2.11. The van der Waals surface area contributed by atoms with Gasteiger partial charge in [0, 0.05) is 5.39 Å². The summed E-state index contributed by atoms with van der Waals surface area (Å²) in [4.78, 5) is 13.0. The van der Waals surface area contributed by atoms with E-state index in [1.165, 1.54) is 15.4 Å². The van der Waals surface area contributed by atoms with Gasteiger partial charge in [-0.2, -0.15) is 14.9 Å². The lowest BCUT2D eigenvalue weighted by molar-refractivity contribution is 0.612. The number of halogens is 1. The van der Waals surface area contributed by atoms with Crippen molar-refractivity contribution in [3.05, 3.63) is 82.7 Å². The normalized spacial score (nSPS) is 11.1. The zero-order valence-electron chi connectivity index (χ0n) is 12.8. The lowest BCUT2D eigenvalue weighted by Crippen LogP contribution is -2.24. The van der Waals surface area contributed by atoms with E-state index in [0.29, 0.717) is 22.3 Å². The molecule has 2 aromatic carbocycles. The second-order valence-electron chi connectivity index (χ2n) is 5.41. The molecule has 24 heavy (non-hydrogen) atoms. The summed E-state index contributed by atoms with van der Waals surface area (Å²) in [6.45, 7) is 1.80. The first-order valence-corrected chi connectivity index (χ1v) is 7.45. The third-order valence-corrected chi connectivity index (χ3v) is 3.89. The Bertz CT molecular complexity index is 1100. The highest BCUT2D eigenvalue weighted by Gasteiger charge is 2.17. The molecule has 5 nitrogen and oxygen atoms in total. The predicted molar refractivity (Wildman–Crippen MR) is 89.2 cm³/mol. The largest absolute Gasteiger partial charge is 0.298 e. The van der Waals surface area contributed by atoms with Crippen molar-refractivity contribution in [3.8, 4) is 11.4 Å². The first kappa shape index (κ1) is 14.3. The summed E-state index contributed by atoms with van der Waals surface area (Å²) in [7, 11) is 0. The summed E-state index contributed by atoms with van der Waals surface area (Å²) in [6.07, 6.45) is 1.54. The van der Waals surface area contributed by atoms with Crippen LogP contribution in [-0.4, -0.2) is 19.6 Å². The number of hydrogen-bond acceptors (Lipinski definition) is 3. The zero-order chi connectivity index (χ0) is 16.7. The Kier molecular flexibility index (Phi) is 3.23.